The molecule has 27 heavy (non-hydrogen) atoms. The first kappa shape index (κ1) is 18.3. The smallest absolute Gasteiger partial charge is 0.146 e. The van der Waals surface area contributed by atoms with Gasteiger partial charge in [-0.05, 0) is 57.0 Å². The van der Waals surface area contributed by atoms with E-state index in [4.69, 9.17) is 10.5 Å². The van der Waals surface area contributed by atoms with Crippen LogP contribution >= 0.6 is 0 Å². The molecule has 0 saturated carbocycles. The van der Waals surface area contributed by atoms with E-state index in [9.17, 15) is 0 Å². The van der Waals surface area contributed by atoms with E-state index in [1.54, 1.807) is 0 Å². The van der Waals surface area contributed by atoms with Crippen molar-refractivity contribution in [1.29, 1.82) is 0 Å². The highest BCUT2D eigenvalue weighted by Crippen LogP contribution is 2.51. The van der Waals surface area contributed by atoms with Gasteiger partial charge in [-0.2, -0.15) is 0 Å². The van der Waals surface area contributed by atoms with Crippen LogP contribution in [0.25, 0.3) is 0 Å². The fourth-order valence-electron chi connectivity index (χ4n) is 4.78. The first-order valence-corrected chi connectivity index (χ1v) is 9.83. The largest absolute Gasteiger partial charge is 0.485 e. The van der Waals surface area contributed by atoms with Crippen molar-refractivity contribution in [2.24, 2.45) is 5.73 Å². The maximum absolute atomic E-state index is 6.37. The van der Waals surface area contributed by atoms with Crippen molar-refractivity contribution in [3.05, 3.63) is 58.7 Å². The Bertz CT molecular complexity index is 862. The molecule has 2 aliphatic heterocycles. The SMILES string of the molecule is CNc1cc2c(c3c1OC(C)(C)C3)C(c1ccccc1)N(C)C(C)(CN)C2. The third-order valence-corrected chi connectivity index (χ3v) is 6.40. The van der Waals surface area contributed by atoms with Gasteiger partial charge in [-0.15, -0.1) is 0 Å². The maximum Gasteiger partial charge on any atom is 0.146 e. The molecule has 0 saturated heterocycles. The van der Waals surface area contributed by atoms with Crippen LogP contribution in [0.4, 0.5) is 5.69 Å². The quantitative estimate of drug-likeness (QED) is 0.870. The van der Waals surface area contributed by atoms with Gasteiger partial charge in [-0.25, -0.2) is 0 Å². The lowest BCUT2D eigenvalue weighted by molar-refractivity contribution is 0.0948. The molecule has 4 rings (SSSR count). The van der Waals surface area contributed by atoms with Crippen molar-refractivity contribution in [3.8, 4) is 5.75 Å². The second-order valence-electron chi connectivity index (χ2n) is 8.90. The zero-order valence-electron chi connectivity index (χ0n) is 17.1. The van der Waals surface area contributed by atoms with Gasteiger partial charge >= 0.3 is 0 Å². The van der Waals surface area contributed by atoms with Crippen LogP contribution in [0.2, 0.25) is 0 Å². The highest BCUT2D eigenvalue weighted by Gasteiger charge is 2.45. The van der Waals surface area contributed by atoms with E-state index >= 15 is 0 Å². The molecule has 2 unspecified atom stereocenters. The van der Waals surface area contributed by atoms with Crippen LogP contribution in [-0.2, 0) is 12.8 Å². The van der Waals surface area contributed by atoms with Crippen LogP contribution in [0.3, 0.4) is 0 Å². The van der Waals surface area contributed by atoms with Crippen molar-refractivity contribution in [2.75, 3.05) is 26.0 Å². The minimum Gasteiger partial charge on any atom is -0.485 e. The Morgan fingerprint density at radius 2 is 1.89 bits per heavy atom. The Morgan fingerprint density at radius 1 is 1.19 bits per heavy atom. The number of ether oxygens (including phenoxy) is 1. The van der Waals surface area contributed by atoms with Gasteiger partial charge in [0.05, 0.1) is 11.7 Å². The lowest BCUT2D eigenvalue weighted by Gasteiger charge is -2.49. The molecular weight excluding hydrogens is 334 g/mol. The number of hydrogen-bond acceptors (Lipinski definition) is 4. The standard InChI is InChI=1S/C23H31N3O/c1-22(2)13-17-19-16(11-18(25-4)21(17)27-22)12-23(3,14-24)26(5)20(19)15-9-7-6-8-10-15/h6-11,20,25H,12-14,24H2,1-5H3. The Morgan fingerprint density at radius 3 is 2.52 bits per heavy atom. The molecule has 2 heterocycles. The van der Waals surface area contributed by atoms with Gasteiger partial charge in [0.2, 0.25) is 0 Å². The van der Waals surface area contributed by atoms with Gasteiger partial charge in [-0.3, -0.25) is 4.90 Å². The molecule has 4 heteroatoms. The summed E-state index contributed by atoms with van der Waals surface area (Å²) in [6.07, 6.45) is 1.87. The Kier molecular flexibility index (Phi) is 4.24. The highest BCUT2D eigenvalue weighted by molar-refractivity contribution is 5.68. The summed E-state index contributed by atoms with van der Waals surface area (Å²) in [5.41, 5.74) is 12.6. The lowest BCUT2D eigenvalue weighted by Crippen LogP contribution is -2.55. The molecule has 4 nitrogen and oxygen atoms in total. The number of nitrogens with zero attached hydrogens (tertiary/aromatic N) is 1. The molecule has 0 radical (unpaired) electrons. The van der Waals surface area contributed by atoms with Gasteiger partial charge in [0.15, 0.2) is 0 Å². The van der Waals surface area contributed by atoms with Gasteiger partial charge in [-0.1, -0.05) is 30.3 Å². The second-order valence-corrected chi connectivity index (χ2v) is 8.90. The topological polar surface area (TPSA) is 50.5 Å². The van der Waals surface area contributed by atoms with Crippen LogP contribution in [-0.4, -0.2) is 36.7 Å². The van der Waals surface area contributed by atoms with E-state index in [2.05, 4.69) is 74.4 Å². The second kappa shape index (κ2) is 6.25. The number of fused-ring (bicyclic) bond motifs is 3. The van der Waals surface area contributed by atoms with Crippen molar-refractivity contribution in [3.63, 3.8) is 0 Å². The van der Waals surface area contributed by atoms with E-state index in [1.165, 1.54) is 22.3 Å². The van der Waals surface area contributed by atoms with E-state index in [0.717, 1.165) is 24.3 Å². The first-order chi connectivity index (χ1) is 12.8. The molecule has 2 aromatic carbocycles. The summed E-state index contributed by atoms with van der Waals surface area (Å²) in [4.78, 5) is 2.47. The van der Waals surface area contributed by atoms with Gasteiger partial charge in [0.1, 0.15) is 11.4 Å². The molecule has 144 valence electrons. The van der Waals surface area contributed by atoms with E-state index in [-0.39, 0.29) is 17.2 Å². The number of hydrogen-bond donors (Lipinski definition) is 2. The predicted molar refractivity (Wildman–Crippen MR) is 112 cm³/mol. The number of benzene rings is 2. The summed E-state index contributed by atoms with van der Waals surface area (Å²) < 4.78 is 6.37. The summed E-state index contributed by atoms with van der Waals surface area (Å²) in [6, 6.07) is 13.3. The summed E-state index contributed by atoms with van der Waals surface area (Å²) in [5.74, 6) is 1.02. The summed E-state index contributed by atoms with van der Waals surface area (Å²) in [7, 11) is 4.19. The first-order valence-electron chi connectivity index (χ1n) is 9.83. The maximum atomic E-state index is 6.37. The predicted octanol–water partition coefficient (Wildman–Crippen LogP) is 3.74. The Balaban J connectivity index is 1.99. The summed E-state index contributed by atoms with van der Waals surface area (Å²) in [5, 5.41) is 3.36. The molecule has 0 aliphatic carbocycles. The van der Waals surface area contributed by atoms with Gasteiger partial charge < -0.3 is 15.8 Å². The molecule has 0 spiro atoms. The number of likely N-dealkylation sites (N-methyl/N-ethyl adjacent to an activating group) is 1. The third kappa shape index (κ3) is 2.82. The lowest BCUT2D eigenvalue weighted by atomic mass is 9.75. The fraction of sp³-hybridized carbons (Fsp3) is 0.478. The molecule has 0 amide bonds. The van der Waals surface area contributed by atoms with E-state index in [0.29, 0.717) is 6.54 Å². The zero-order valence-corrected chi connectivity index (χ0v) is 17.1. The van der Waals surface area contributed by atoms with Crippen LogP contribution in [0.1, 0.15) is 49.1 Å². The van der Waals surface area contributed by atoms with Crippen molar-refractivity contribution < 1.29 is 4.74 Å². The van der Waals surface area contributed by atoms with Crippen LogP contribution in [0.5, 0.6) is 5.75 Å². The minimum atomic E-state index is -0.183. The average molecular weight is 366 g/mol. The molecule has 0 aromatic heterocycles. The minimum absolute atomic E-state index is 0.0816. The Labute approximate surface area is 162 Å². The third-order valence-electron chi connectivity index (χ3n) is 6.40. The fourth-order valence-corrected chi connectivity index (χ4v) is 4.78. The molecular formula is C23H31N3O. The van der Waals surface area contributed by atoms with Crippen LogP contribution in [0.15, 0.2) is 36.4 Å². The molecule has 2 atom stereocenters. The summed E-state index contributed by atoms with van der Waals surface area (Å²) in [6.45, 7) is 7.25. The molecule has 0 bridgehead atoms. The normalized spacial score (nSPS) is 26.2. The number of nitrogens with two attached hydrogens (primary N) is 1. The van der Waals surface area contributed by atoms with Crippen molar-refractivity contribution >= 4 is 5.69 Å². The average Bonchev–Trinajstić information content (AvgIpc) is 2.98. The van der Waals surface area contributed by atoms with Crippen molar-refractivity contribution in [1.82, 2.24) is 4.90 Å². The number of anilines is 1. The molecule has 2 aliphatic rings. The monoisotopic (exact) mass is 365 g/mol. The zero-order chi connectivity index (χ0) is 19.4. The molecule has 2 aromatic rings. The van der Waals surface area contributed by atoms with Gasteiger partial charge in [0, 0.05) is 31.1 Å². The molecule has 0 fully saturated rings. The van der Waals surface area contributed by atoms with E-state index in [1.807, 2.05) is 7.05 Å². The van der Waals surface area contributed by atoms with Crippen LogP contribution < -0.4 is 15.8 Å². The summed E-state index contributed by atoms with van der Waals surface area (Å²) >= 11 is 0. The van der Waals surface area contributed by atoms with Crippen molar-refractivity contribution in [2.45, 2.75) is 50.8 Å². The highest BCUT2D eigenvalue weighted by atomic mass is 16.5. The number of nitrogens with one attached hydrogen (secondary N) is 1. The van der Waals surface area contributed by atoms with Crippen LogP contribution in [0, 0.1) is 0 Å². The van der Waals surface area contributed by atoms with Gasteiger partial charge in [0.25, 0.3) is 0 Å². The Hall–Kier alpha value is -2.04. The molecule has 3 N–H and O–H groups in total. The van der Waals surface area contributed by atoms with E-state index < -0.39 is 0 Å². The number of rotatable bonds is 3.